The van der Waals surface area contributed by atoms with Crippen LogP contribution in [0, 0.1) is 0 Å². The number of carbonyl (C=O) groups excluding carboxylic acids is 1. The van der Waals surface area contributed by atoms with Crippen LogP contribution in [0.2, 0.25) is 0 Å². The third kappa shape index (κ3) is 3.97. The molecular weight excluding hydrogens is 338 g/mol. The molecule has 1 aliphatic carbocycles. The average molecular weight is 363 g/mol. The van der Waals surface area contributed by atoms with Crippen molar-refractivity contribution in [2.75, 3.05) is 0 Å². The number of nitrogens with zero attached hydrogens (tertiary/aromatic N) is 1. The largest absolute Gasteiger partial charge is 0.446 e. The molecule has 2 aromatic heterocycles. The van der Waals surface area contributed by atoms with Crippen LogP contribution in [0.1, 0.15) is 44.6 Å². The first-order valence-corrected chi connectivity index (χ1v) is 9.59. The highest BCUT2D eigenvalue weighted by Gasteiger charge is 2.29. The number of fused-ring (bicyclic) bond motifs is 1. The van der Waals surface area contributed by atoms with Crippen molar-refractivity contribution in [3.63, 3.8) is 0 Å². The van der Waals surface area contributed by atoms with Gasteiger partial charge >= 0.3 is 6.09 Å². The normalized spacial score (nSPS) is 19.5. The molecule has 0 aliphatic heterocycles. The highest BCUT2D eigenvalue weighted by atomic mass is 16.6. The summed E-state index contributed by atoms with van der Waals surface area (Å²) in [6.07, 6.45) is 4.39. The zero-order valence-electron chi connectivity index (χ0n) is 15.7. The molecule has 2 heterocycles. The minimum absolute atomic E-state index is 0.0180. The Bertz CT molecular complexity index is 933. The van der Waals surface area contributed by atoms with E-state index in [-0.39, 0.29) is 18.2 Å². The summed E-state index contributed by atoms with van der Waals surface area (Å²) in [5, 5.41) is 3.91. The minimum Gasteiger partial charge on any atom is -0.446 e. The molecule has 1 fully saturated rings. The molecular formula is C22H25N3O2. The number of benzene rings is 1. The molecule has 0 radical (unpaired) electrons. The highest BCUT2D eigenvalue weighted by molar-refractivity contribution is 5.83. The van der Waals surface area contributed by atoms with Gasteiger partial charge in [-0.3, -0.25) is 0 Å². The first kappa shape index (κ1) is 17.6. The Morgan fingerprint density at radius 3 is 2.81 bits per heavy atom. The van der Waals surface area contributed by atoms with Crippen molar-refractivity contribution in [1.29, 1.82) is 0 Å². The average Bonchev–Trinajstić information content (AvgIpc) is 3.27. The molecule has 27 heavy (non-hydrogen) atoms. The van der Waals surface area contributed by atoms with Crippen LogP contribution in [0.5, 0.6) is 0 Å². The monoisotopic (exact) mass is 363 g/mol. The molecule has 5 heteroatoms. The van der Waals surface area contributed by atoms with Gasteiger partial charge in [0.2, 0.25) is 0 Å². The van der Waals surface area contributed by atoms with Crippen LogP contribution < -0.4 is 5.32 Å². The number of aromatic nitrogens is 2. The van der Waals surface area contributed by atoms with E-state index >= 15 is 0 Å². The Balaban J connectivity index is 1.47. The number of hydrogen-bond donors (Lipinski definition) is 2. The predicted molar refractivity (Wildman–Crippen MR) is 107 cm³/mol. The van der Waals surface area contributed by atoms with Crippen LogP contribution in [0.3, 0.4) is 0 Å². The summed E-state index contributed by atoms with van der Waals surface area (Å²) in [6.45, 7) is 3.86. The summed E-state index contributed by atoms with van der Waals surface area (Å²) in [7, 11) is 0. The van der Waals surface area contributed by atoms with E-state index in [1.165, 1.54) is 5.56 Å². The molecule has 5 nitrogen and oxygen atoms in total. The number of nitrogens with one attached hydrogen (secondary N) is 2. The molecule has 1 aromatic carbocycles. The highest BCUT2D eigenvalue weighted by Crippen LogP contribution is 2.37. The Morgan fingerprint density at radius 1 is 1.22 bits per heavy atom. The second-order valence-corrected chi connectivity index (χ2v) is 7.59. The Morgan fingerprint density at radius 2 is 2.04 bits per heavy atom. The van der Waals surface area contributed by atoms with E-state index in [0.717, 1.165) is 41.6 Å². The number of aromatic amines is 1. The van der Waals surface area contributed by atoms with E-state index in [1.54, 1.807) is 0 Å². The van der Waals surface area contributed by atoms with Crippen LogP contribution in [-0.4, -0.2) is 28.2 Å². The third-order valence-corrected chi connectivity index (χ3v) is 5.11. The van der Waals surface area contributed by atoms with Crippen LogP contribution in [0.15, 0.2) is 48.7 Å². The number of hydrogen-bond acceptors (Lipinski definition) is 3. The lowest BCUT2D eigenvalue weighted by atomic mass is 9.98. The molecule has 0 bridgehead atoms. The molecule has 0 saturated heterocycles. The minimum atomic E-state index is -0.317. The Hall–Kier alpha value is -2.82. The van der Waals surface area contributed by atoms with Gasteiger partial charge in [0.25, 0.3) is 0 Å². The molecule has 2 N–H and O–H groups in total. The zero-order valence-corrected chi connectivity index (χ0v) is 15.7. The number of ether oxygens (including phenoxy) is 1. The number of rotatable bonds is 4. The lowest BCUT2D eigenvalue weighted by molar-refractivity contribution is 0.0982. The van der Waals surface area contributed by atoms with Crippen molar-refractivity contribution < 1.29 is 9.53 Å². The predicted octanol–water partition coefficient (Wildman–Crippen LogP) is 5.00. The van der Waals surface area contributed by atoms with Gasteiger partial charge in [-0.15, -0.1) is 0 Å². The van der Waals surface area contributed by atoms with Gasteiger partial charge in [-0.2, -0.15) is 0 Å². The van der Waals surface area contributed by atoms with Crippen LogP contribution in [0.25, 0.3) is 22.3 Å². The van der Waals surface area contributed by atoms with Gasteiger partial charge in [0.15, 0.2) is 0 Å². The number of H-pyrrole nitrogens is 1. The lowest BCUT2D eigenvalue weighted by Crippen LogP contribution is -2.33. The van der Waals surface area contributed by atoms with Crippen LogP contribution in [-0.2, 0) is 4.74 Å². The van der Waals surface area contributed by atoms with Gasteiger partial charge in [-0.1, -0.05) is 30.3 Å². The summed E-state index contributed by atoms with van der Waals surface area (Å²) < 4.78 is 5.55. The first-order valence-electron chi connectivity index (χ1n) is 9.59. The lowest BCUT2D eigenvalue weighted by Gasteiger charge is -2.15. The number of pyridine rings is 1. The van der Waals surface area contributed by atoms with Gasteiger partial charge in [0, 0.05) is 23.3 Å². The van der Waals surface area contributed by atoms with Crippen molar-refractivity contribution >= 4 is 17.1 Å². The van der Waals surface area contributed by atoms with E-state index in [2.05, 4.69) is 39.6 Å². The van der Waals surface area contributed by atoms with Crippen molar-refractivity contribution in [3.8, 4) is 11.3 Å². The smallest absolute Gasteiger partial charge is 0.407 e. The van der Waals surface area contributed by atoms with Crippen LogP contribution >= 0.6 is 0 Å². The molecule has 0 unspecified atom stereocenters. The SMILES string of the molecule is CC(C)NC(=O)O[C@@H]1CC[C@H](c2cnc3[nH]c(-c4ccccc4)cc3c2)C1. The van der Waals surface area contributed by atoms with Crippen molar-refractivity contribution in [1.82, 2.24) is 15.3 Å². The maximum atomic E-state index is 11.8. The molecule has 3 aromatic rings. The molecule has 140 valence electrons. The molecule has 1 aliphatic rings. The van der Waals surface area contributed by atoms with E-state index in [1.807, 2.05) is 38.2 Å². The van der Waals surface area contributed by atoms with Crippen molar-refractivity contribution in [2.24, 2.45) is 0 Å². The van der Waals surface area contributed by atoms with E-state index in [4.69, 9.17) is 4.74 Å². The van der Waals surface area contributed by atoms with Crippen molar-refractivity contribution in [2.45, 2.75) is 51.2 Å². The first-order chi connectivity index (χ1) is 13.1. The fourth-order valence-corrected chi connectivity index (χ4v) is 3.80. The number of amides is 1. The quantitative estimate of drug-likeness (QED) is 0.685. The summed E-state index contributed by atoms with van der Waals surface area (Å²) in [5.74, 6) is 0.383. The standard InChI is InChI=1S/C22H25N3O2/c1-14(2)24-22(26)27-19-9-8-16(11-19)18-10-17-12-20(25-21(17)23-13-18)15-6-4-3-5-7-15/h3-7,10,12-14,16,19H,8-9,11H2,1-2H3,(H,23,25)(H,24,26)/t16-,19+/m0/s1. The maximum absolute atomic E-state index is 11.8. The van der Waals surface area contributed by atoms with Crippen molar-refractivity contribution in [3.05, 3.63) is 54.2 Å². The fraction of sp³-hybridized carbons (Fsp3) is 0.364. The number of carbonyl (C=O) groups is 1. The summed E-state index contributed by atoms with van der Waals surface area (Å²) in [4.78, 5) is 19.8. The molecule has 0 spiro atoms. The Labute approximate surface area is 159 Å². The summed E-state index contributed by atoms with van der Waals surface area (Å²) >= 11 is 0. The van der Waals surface area contributed by atoms with E-state index < -0.39 is 0 Å². The molecule has 1 saturated carbocycles. The van der Waals surface area contributed by atoms with Crippen LogP contribution in [0.4, 0.5) is 4.79 Å². The van der Waals surface area contributed by atoms with Gasteiger partial charge in [-0.05, 0) is 62.3 Å². The van der Waals surface area contributed by atoms with E-state index in [9.17, 15) is 4.79 Å². The zero-order chi connectivity index (χ0) is 18.8. The Kier molecular flexibility index (Phi) is 4.84. The second kappa shape index (κ2) is 7.43. The maximum Gasteiger partial charge on any atom is 0.407 e. The fourth-order valence-electron chi connectivity index (χ4n) is 3.80. The van der Waals surface area contributed by atoms with E-state index in [0.29, 0.717) is 5.92 Å². The van der Waals surface area contributed by atoms with Gasteiger partial charge in [0.05, 0.1) is 0 Å². The molecule has 1 amide bonds. The summed E-state index contributed by atoms with van der Waals surface area (Å²) in [5.41, 5.74) is 4.35. The molecule has 2 atom stereocenters. The van der Waals surface area contributed by atoms with Gasteiger partial charge in [-0.25, -0.2) is 9.78 Å². The topological polar surface area (TPSA) is 67.0 Å². The number of alkyl carbamates (subject to hydrolysis) is 1. The van der Waals surface area contributed by atoms with Gasteiger partial charge in [0.1, 0.15) is 11.8 Å². The summed E-state index contributed by atoms with van der Waals surface area (Å²) in [6, 6.07) is 14.7. The second-order valence-electron chi connectivity index (χ2n) is 7.59. The third-order valence-electron chi connectivity index (χ3n) is 5.11. The van der Waals surface area contributed by atoms with Gasteiger partial charge < -0.3 is 15.0 Å². The molecule has 4 rings (SSSR count).